The summed E-state index contributed by atoms with van der Waals surface area (Å²) in [6.07, 6.45) is 0.919. The second-order valence-electron chi connectivity index (χ2n) is 0.996. The lowest BCUT2D eigenvalue weighted by Gasteiger charge is -1.60. The Kier molecular flexibility index (Phi) is 0.941. The Labute approximate surface area is 44.0 Å². The molecule has 0 fully saturated rings. The molecule has 0 atom stereocenters. The van der Waals surface area contributed by atoms with E-state index in [-0.39, 0.29) is 4.84 Å². The Hall–Kier alpha value is -0.640. The van der Waals surface area contributed by atoms with E-state index in [9.17, 15) is 4.39 Å². The van der Waals surface area contributed by atoms with Crippen LogP contribution in [0, 0.1) is 10.8 Å². The maximum atomic E-state index is 11.7. The predicted molar refractivity (Wildman–Crippen MR) is 23.9 cm³/mol. The molecule has 0 aliphatic rings. The van der Waals surface area contributed by atoms with E-state index in [1.54, 1.807) is 0 Å². The van der Waals surface area contributed by atoms with Crippen molar-refractivity contribution in [1.29, 1.82) is 0 Å². The summed E-state index contributed by atoms with van der Waals surface area (Å²) in [5, 5.41) is 0. The van der Waals surface area contributed by atoms with E-state index in [1.807, 2.05) is 0 Å². The molecule has 0 spiro atoms. The Bertz CT molecular complexity index is 203. The van der Waals surface area contributed by atoms with Crippen LogP contribution in [0.3, 0.4) is 0 Å². The normalized spacial score (nSPS) is 9.29. The zero-order chi connectivity index (χ0) is 5.28. The third-order valence-corrected chi connectivity index (χ3v) is 0.689. The van der Waals surface area contributed by atoms with Crippen molar-refractivity contribution in [1.82, 2.24) is 4.98 Å². The van der Waals surface area contributed by atoms with Crippen LogP contribution < -0.4 is 0 Å². The molecule has 2 nitrogen and oxygen atoms in total. The summed E-state index contributed by atoms with van der Waals surface area (Å²) < 4.78 is 16.1. The minimum Gasteiger partial charge on any atom is -0.435 e. The SMILES string of the molecule is Fc1coc(=S)[nH]1. The first kappa shape index (κ1) is 4.52. The number of halogens is 1. The Balaban J connectivity index is 3.30. The molecule has 0 amide bonds. The average Bonchev–Trinajstić information content (AvgIpc) is 1.87. The van der Waals surface area contributed by atoms with Crippen LogP contribution >= 0.6 is 12.2 Å². The lowest BCUT2D eigenvalue weighted by Crippen LogP contribution is -1.63. The summed E-state index contributed by atoms with van der Waals surface area (Å²) in [6, 6.07) is 0. The molecule has 7 heavy (non-hydrogen) atoms. The monoisotopic (exact) mass is 119 g/mol. The van der Waals surface area contributed by atoms with Gasteiger partial charge in [-0.25, -0.2) is 0 Å². The van der Waals surface area contributed by atoms with Gasteiger partial charge in [0.2, 0.25) is 5.95 Å². The third-order valence-electron chi connectivity index (χ3n) is 0.491. The van der Waals surface area contributed by atoms with E-state index in [0.717, 1.165) is 6.26 Å². The molecule has 1 rings (SSSR count). The van der Waals surface area contributed by atoms with Crippen LogP contribution in [0.1, 0.15) is 0 Å². The van der Waals surface area contributed by atoms with Gasteiger partial charge in [0.25, 0.3) is 4.84 Å². The van der Waals surface area contributed by atoms with Crippen molar-refractivity contribution in [2.75, 3.05) is 0 Å². The summed E-state index contributed by atoms with van der Waals surface area (Å²) in [5.41, 5.74) is 0. The first-order valence-corrected chi connectivity index (χ1v) is 2.03. The molecule has 0 saturated carbocycles. The van der Waals surface area contributed by atoms with E-state index in [4.69, 9.17) is 0 Å². The lowest BCUT2D eigenvalue weighted by molar-refractivity contribution is 0.523. The zero-order valence-electron chi connectivity index (χ0n) is 3.27. The fourth-order valence-electron chi connectivity index (χ4n) is 0.262. The van der Waals surface area contributed by atoms with Gasteiger partial charge in [-0.3, -0.25) is 4.98 Å². The van der Waals surface area contributed by atoms with E-state index in [0.29, 0.717) is 0 Å². The molecule has 0 saturated heterocycles. The van der Waals surface area contributed by atoms with Crippen molar-refractivity contribution < 1.29 is 8.81 Å². The maximum absolute atomic E-state index is 11.7. The Morgan fingerprint density at radius 3 is 2.71 bits per heavy atom. The highest BCUT2D eigenvalue weighted by Gasteiger charge is 1.86. The van der Waals surface area contributed by atoms with Crippen molar-refractivity contribution in [3.8, 4) is 0 Å². The van der Waals surface area contributed by atoms with E-state index >= 15 is 0 Å². The van der Waals surface area contributed by atoms with Gasteiger partial charge in [0.05, 0.1) is 0 Å². The van der Waals surface area contributed by atoms with Crippen LogP contribution in [0.2, 0.25) is 0 Å². The molecule has 38 valence electrons. The topological polar surface area (TPSA) is 28.9 Å². The first-order valence-electron chi connectivity index (χ1n) is 1.62. The fourth-order valence-corrected chi connectivity index (χ4v) is 0.407. The zero-order valence-corrected chi connectivity index (χ0v) is 4.09. The summed E-state index contributed by atoms with van der Waals surface area (Å²) in [4.78, 5) is 2.19. The summed E-state index contributed by atoms with van der Waals surface area (Å²) in [7, 11) is 0. The highest BCUT2D eigenvalue weighted by Crippen LogP contribution is 1.91. The molecule has 0 bridgehead atoms. The van der Waals surface area contributed by atoms with Crippen molar-refractivity contribution in [2.24, 2.45) is 0 Å². The largest absolute Gasteiger partial charge is 0.435 e. The quantitative estimate of drug-likeness (QED) is 0.524. The Morgan fingerprint density at radius 1 is 1.86 bits per heavy atom. The molecule has 0 unspecified atom stereocenters. The fraction of sp³-hybridized carbons (Fsp3) is 0. The summed E-state index contributed by atoms with van der Waals surface area (Å²) >= 11 is 4.37. The van der Waals surface area contributed by atoms with Crippen LogP contribution in [-0.2, 0) is 0 Å². The number of oxazole rings is 1. The molecule has 0 radical (unpaired) electrons. The number of rotatable bonds is 0. The third kappa shape index (κ3) is 0.866. The molecule has 1 aromatic heterocycles. The number of hydrogen-bond donors (Lipinski definition) is 1. The van der Waals surface area contributed by atoms with E-state index in [1.165, 1.54) is 0 Å². The molecular formula is C3H2FNOS. The van der Waals surface area contributed by atoms with Gasteiger partial charge >= 0.3 is 0 Å². The van der Waals surface area contributed by atoms with Crippen molar-refractivity contribution in [3.05, 3.63) is 17.0 Å². The van der Waals surface area contributed by atoms with Gasteiger partial charge in [-0.15, -0.1) is 0 Å². The van der Waals surface area contributed by atoms with Crippen molar-refractivity contribution >= 4 is 12.2 Å². The predicted octanol–water partition coefficient (Wildman–Crippen LogP) is 1.48. The van der Waals surface area contributed by atoms with Crippen LogP contribution in [0.5, 0.6) is 0 Å². The number of aromatic amines is 1. The molecule has 0 aromatic carbocycles. The van der Waals surface area contributed by atoms with Crippen molar-refractivity contribution in [2.45, 2.75) is 0 Å². The maximum Gasteiger partial charge on any atom is 0.268 e. The number of hydrogen-bond acceptors (Lipinski definition) is 2. The van der Waals surface area contributed by atoms with Gasteiger partial charge in [0.15, 0.2) is 0 Å². The molecule has 0 aliphatic heterocycles. The van der Waals surface area contributed by atoms with Gasteiger partial charge in [-0.1, -0.05) is 0 Å². The second-order valence-corrected chi connectivity index (χ2v) is 1.37. The standard InChI is InChI=1S/C3H2FNOS/c4-2-1-6-3(7)5-2/h1H,(H,5,7). The molecule has 1 N–H and O–H groups in total. The van der Waals surface area contributed by atoms with Crippen molar-refractivity contribution in [3.63, 3.8) is 0 Å². The van der Waals surface area contributed by atoms with Gasteiger partial charge in [-0.2, -0.15) is 4.39 Å². The molecule has 1 heterocycles. The minimum atomic E-state index is -0.537. The number of nitrogens with one attached hydrogen (secondary N) is 1. The molecule has 4 heteroatoms. The highest BCUT2D eigenvalue weighted by atomic mass is 32.1. The number of aromatic nitrogens is 1. The first-order chi connectivity index (χ1) is 3.29. The summed E-state index contributed by atoms with van der Waals surface area (Å²) in [5.74, 6) is -0.537. The van der Waals surface area contributed by atoms with Crippen LogP contribution in [0.15, 0.2) is 10.7 Å². The second kappa shape index (κ2) is 1.46. The van der Waals surface area contributed by atoms with Gasteiger partial charge in [0, 0.05) is 0 Å². The lowest BCUT2D eigenvalue weighted by atomic mass is 10.9. The number of H-pyrrole nitrogens is 1. The van der Waals surface area contributed by atoms with E-state index < -0.39 is 5.95 Å². The van der Waals surface area contributed by atoms with Gasteiger partial charge < -0.3 is 4.42 Å². The average molecular weight is 119 g/mol. The van der Waals surface area contributed by atoms with Gasteiger partial charge in [-0.05, 0) is 12.2 Å². The molecule has 1 aromatic rings. The summed E-state index contributed by atoms with van der Waals surface area (Å²) in [6.45, 7) is 0. The highest BCUT2D eigenvalue weighted by molar-refractivity contribution is 7.71. The minimum absolute atomic E-state index is 0.0671. The molecular weight excluding hydrogens is 117 g/mol. The van der Waals surface area contributed by atoms with Gasteiger partial charge in [0.1, 0.15) is 6.26 Å². The molecule has 0 aliphatic carbocycles. The Morgan fingerprint density at radius 2 is 2.57 bits per heavy atom. The smallest absolute Gasteiger partial charge is 0.268 e. The van der Waals surface area contributed by atoms with Crippen LogP contribution in [0.25, 0.3) is 0 Å². The van der Waals surface area contributed by atoms with Crippen LogP contribution in [0.4, 0.5) is 4.39 Å². The van der Waals surface area contributed by atoms with Crippen LogP contribution in [-0.4, -0.2) is 4.98 Å². The van der Waals surface area contributed by atoms with E-state index in [2.05, 4.69) is 21.6 Å².